The van der Waals surface area contributed by atoms with E-state index in [9.17, 15) is 19.5 Å². The third-order valence-corrected chi connectivity index (χ3v) is 4.73. The van der Waals surface area contributed by atoms with Crippen molar-refractivity contribution in [2.45, 2.75) is 83.5 Å². The number of amides is 2. The van der Waals surface area contributed by atoms with E-state index in [1.54, 1.807) is 27.7 Å². The first-order chi connectivity index (χ1) is 11.1. The Balaban J connectivity index is 2.07. The standard InChI is InChI=1S/C17H28N2O5/c1-10(18-16(23)24-17(2,3)4)14(20)19-12-8-6-5-7-11(12)9-13(19)15(21)22/h10-13H,5-9H2,1-4H3,(H,18,23)(H,21,22)/t10-,11-,12-,13-/m0/s1. The van der Waals surface area contributed by atoms with Crippen LogP contribution >= 0.6 is 0 Å². The molecule has 1 heterocycles. The van der Waals surface area contributed by atoms with Crippen LogP contribution in [0.2, 0.25) is 0 Å². The number of likely N-dealkylation sites (tertiary alicyclic amines) is 1. The van der Waals surface area contributed by atoms with Crippen molar-refractivity contribution in [2.24, 2.45) is 5.92 Å². The van der Waals surface area contributed by atoms with Gasteiger partial charge in [0.05, 0.1) is 0 Å². The maximum Gasteiger partial charge on any atom is 0.408 e. The van der Waals surface area contributed by atoms with E-state index in [4.69, 9.17) is 4.74 Å². The lowest BCUT2D eigenvalue weighted by Gasteiger charge is -2.34. The van der Waals surface area contributed by atoms with Gasteiger partial charge in [-0.3, -0.25) is 4.79 Å². The van der Waals surface area contributed by atoms with E-state index in [-0.39, 0.29) is 17.9 Å². The van der Waals surface area contributed by atoms with E-state index < -0.39 is 29.7 Å². The van der Waals surface area contributed by atoms with Crippen LogP contribution in [0.5, 0.6) is 0 Å². The number of carboxylic acids is 1. The van der Waals surface area contributed by atoms with Crippen LogP contribution in [0, 0.1) is 5.92 Å². The van der Waals surface area contributed by atoms with Crippen molar-refractivity contribution in [3.63, 3.8) is 0 Å². The van der Waals surface area contributed by atoms with Gasteiger partial charge in [0.1, 0.15) is 17.7 Å². The highest BCUT2D eigenvalue weighted by Gasteiger charge is 2.48. The predicted molar refractivity (Wildman–Crippen MR) is 87.5 cm³/mol. The van der Waals surface area contributed by atoms with E-state index >= 15 is 0 Å². The molecule has 1 saturated carbocycles. The molecule has 4 atom stereocenters. The molecule has 7 nitrogen and oxygen atoms in total. The summed E-state index contributed by atoms with van der Waals surface area (Å²) >= 11 is 0. The van der Waals surface area contributed by atoms with Gasteiger partial charge in [0, 0.05) is 6.04 Å². The highest BCUT2D eigenvalue weighted by molar-refractivity contribution is 5.90. The average molecular weight is 340 g/mol. The minimum atomic E-state index is -0.970. The minimum Gasteiger partial charge on any atom is -0.480 e. The van der Waals surface area contributed by atoms with Crippen LogP contribution in [0.4, 0.5) is 4.79 Å². The van der Waals surface area contributed by atoms with Gasteiger partial charge < -0.3 is 20.1 Å². The number of hydrogen-bond donors (Lipinski definition) is 2. The Hall–Kier alpha value is -1.79. The van der Waals surface area contributed by atoms with Gasteiger partial charge in [-0.1, -0.05) is 12.8 Å². The van der Waals surface area contributed by atoms with Gasteiger partial charge in [-0.15, -0.1) is 0 Å². The van der Waals surface area contributed by atoms with Crippen molar-refractivity contribution < 1.29 is 24.2 Å². The van der Waals surface area contributed by atoms with Crippen molar-refractivity contribution in [1.82, 2.24) is 10.2 Å². The van der Waals surface area contributed by atoms with Gasteiger partial charge in [-0.05, 0) is 52.9 Å². The fourth-order valence-electron chi connectivity index (χ4n) is 3.77. The monoisotopic (exact) mass is 340 g/mol. The molecule has 7 heteroatoms. The molecule has 2 N–H and O–H groups in total. The second-order valence-electron chi connectivity index (χ2n) is 7.82. The molecule has 0 spiro atoms. The molecule has 2 amide bonds. The van der Waals surface area contributed by atoms with Crippen LogP contribution in [0.15, 0.2) is 0 Å². The number of carbonyl (C=O) groups is 3. The molecule has 0 bridgehead atoms. The van der Waals surface area contributed by atoms with Gasteiger partial charge in [0.15, 0.2) is 0 Å². The van der Waals surface area contributed by atoms with Crippen molar-refractivity contribution in [3.05, 3.63) is 0 Å². The smallest absolute Gasteiger partial charge is 0.408 e. The molecule has 1 aliphatic heterocycles. The summed E-state index contributed by atoms with van der Waals surface area (Å²) < 4.78 is 5.16. The summed E-state index contributed by atoms with van der Waals surface area (Å²) in [5.41, 5.74) is -0.654. The molecule has 1 saturated heterocycles. The summed E-state index contributed by atoms with van der Waals surface area (Å²) in [7, 11) is 0. The number of fused-ring (bicyclic) bond motifs is 1. The van der Waals surface area contributed by atoms with Crippen LogP contribution in [-0.2, 0) is 14.3 Å². The highest BCUT2D eigenvalue weighted by Crippen LogP contribution is 2.40. The van der Waals surface area contributed by atoms with Gasteiger partial charge >= 0.3 is 12.1 Å². The average Bonchev–Trinajstić information content (AvgIpc) is 2.83. The number of nitrogens with one attached hydrogen (secondary N) is 1. The van der Waals surface area contributed by atoms with E-state index in [0.29, 0.717) is 6.42 Å². The molecule has 0 aromatic carbocycles. The zero-order valence-electron chi connectivity index (χ0n) is 14.9. The van der Waals surface area contributed by atoms with Crippen LogP contribution < -0.4 is 5.32 Å². The lowest BCUT2D eigenvalue weighted by atomic mass is 9.84. The van der Waals surface area contributed by atoms with Gasteiger partial charge in [-0.2, -0.15) is 0 Å². The molecular formula is C17H28N2O5. The normalized spacial score (nSPS) is 28.0. The number of ether oxygens (including phenoxy) is 1. The number of hydrogen-bond acceptors (Lipinski definition) is 4. The van der Waals surface area contributed by atoms with Crippen molar-refractivity contribution in [3.8, 4) is 0 Å². The van der Waals surface area contributed by atoms with E-state index in [1.807, 2.05) is 0 Å². The topological polar surface area (TPSA) is 95.9 Å². The van der Waals surface area contributed by atoms with Crippen molar-refractivity contribution >= 4 is 18.0 Å². The molecule has 0 aromatic rings. The Morgan fingerprint density at radius 2 is 1.83 bits per heavy atom. The molecule has 0 unspecified atom stereocenters. The SMILES string of the molecule is C[C@H](NC(=O)OC(C)(C)C)C(=O)N1[C@H](C(=O)O)C[C@@H]2CCCC[C@@H]21. The molecule has 2 aliphatic rings. The molecule has 136 valence electrons. The Bertz CT molecular complexity index is 514. The Kier molecular flexibility index (Phi) is 5.40. The van der Waals surface area contributed by atoms with Crippen LogP contribution in [0.1, 0.15) is 59.8 Å². The Morgan fingerprint density at radius 1 is 1.21 bits per heavy atom. The first-order valence-electron chi connectivity index (χ1n) is 8.64. The quantitative estimate of drug-likeness (QED) is 0.820. The molecule has 24 heavy (non-hydrogen) atoms. The molecule has 0 radical (unpaired) electrons. The maximum absolute atomic E-state index is 12.8. The molecule has 1 aliphatic carbocycles. The minimum absolute atomic E-state index is 0.0322. The number of rotatable bonds is 3. The van der Waals surface area contributed by atoms with Gasteiger partial charge in [0.25, 0.3) is 0 Å². The largest absolute Gasteiger partial charge is 0.480 e. The lowest BCUT2D eigenvalue weighted by Crippen LogP contribution is -2.54. The summed E-state index contributed by atoms with van der Waals surface area (Å²) in [6.45, 7) is 6.80. The summed E-state index contributed by atoms with van der Waals surface area (Å²) in [4.78, 5) is 37.8. The second kappa shape index (κ2) is 6.99. The summed E-state index contributed by atoms with van der Waals surface area (Å²) in [5.74, 6) is -1.07. The Labute approximate surface area is 142 Å². The number of nitrogens with zero attached hydrogens (tertiary/aromatic N) is 1. The van der Waals surface area contributed by atoms with Crippen molar-refractivity contribution in [2.75, 3.05) is 0 Å². The second-order valence-corrected chi connectivity index (χ2v) is 7.82. The number of alkyl carbamates (subject to hydrolysis) is 1. The summed E-state index contributed by atoms with van der Waals surface area (Å²) in [6.07, 6.45) is 3.72. The van der Waals surface area contributed by atoms with Crippen LogP contribution in [-0.4, -0.2) is 51.7 Å². The highest BCUT2D eigenvalue weighted by atomic mass is 16.6. The van der Waals surface area contributed by atoms with E-state index in [2.05, 4.69) is 5.32 Å². The molecular weight excluding hydrogens is 312 g/mol. The van der Waals surface area contributed by atoms with Crippen molar-refractivity contribution in [1.29, 1.82) is 0 Å². The third kappa shape index (κ3) is 4.19. The molecule has 0 aromatic heterocycles. The number of carbonyl (C=O) groups excluding carboxylic acids is 2. The van der Waals surface area contributed by atoms with Gasteiger partial charge in [0.2, 0.25) is 5.91 Å². The first kappa shape index (κ1) is 18.5. The van der Waals surface area contributed by atoms with E-state index in [0.717, 1.165) is 25.7 Å². The lowest BCUT2D eigenvalue weighted by molar-refractivity contribution is -0.150. The molecule has 2 rings (SSSR count). The zero-order valence-corrected chi connectivity index (χ0v) is 14.9. The third-order valence-electron chi connectivity index (χ3n) is 4.73. The Morgan fingerprint density at radius 3 is 2.42 bits per heavy atom. The zero-order chi connectivity index (χ0) is 18.1. The number of carboxylic acid groups (broad SMARTS) is 1. The summed E-state index contributed by atoms with van der Waals surface area (Å²) in [6, 6.07) is -1.65. The maximum atomic E-state index is 12.8. The van der Waals surface area contributed by atoms with E-state index in [1.165, 1.54) is 4.90 Å². The molecule has 2 fully saturated rings. The fraction of sp³-hybridized carbons (Fsp3) is 0.824. The van der Waals surface area contributed by atoms with Crippen LogP contribution in [0.3, 0.4) is 0 Å². The summed E-state index contributed by atoms with van der Waals surface area (Å²) in [5, 5.41) is 12.0. The predicted octanol–water partition coefficient (Wildman–Crippen LogP) is 2.14. The van der Waals surface area contributed by atoms with Crippen LogP contribution in [0.25, 0.3) is 0 Å². The fourth-order valence-corrected chi connectivity index (χ4v) is 3.77. The first-order valence-corrected chi connectivity index (χ1v) is 8.64. The van der Waals surface area contributed by atoms with Gasteiger partial charge in [-0.25, -0.2) is 9.59 Å². The number of aliphatic carboxylic acids is 1.